The van der Waals surface area contributed by atoms with Crippen molar-refractivity contribution in [2.45, 2.75) is 29.5 Å². The number of hydrogen-bond donors (Lipinski definition) is 1. The summed E-state index contributed by atoms with van der Waals surface area (Å²) in [6, 6.07) is 10.6. The van der Waals surface area contributed by atoms with Crippen LogP contribution in [0.15, 0.2) is 41.3 Å². The van der Waals surface area contributed by atoms with Crippen molar-refractivity contribution in [3.05, 3.63) is 51.4 Å². The highest BCUT2D eigenvalue weighted by Gasteiger charge is 2.22. The average Bonchev–Trinajstić information content (AvgIpc) is 2.83. The van der Waals surface area contributed by atoms with Crippen molar-refractivity contribution >= 4 is 34.7 Å². The lowest BCUT2D eigenvalue weighted by Gasteiger charge is -2.21. The molecule has 0 saturated heterocycles. The molecule has 2 unspecified atom stereocenters. The van der Waals surface area contributed by atoms with Crippen molar-refractivity contribution < 1.29 is 4.39 Å². The largest absolute Gasteiger partial charge is 0.326 e. The Bertz CT molecular complexity index is 544. The normalized spacial score (nSPS) is 14.3. The van der Waals surface area contributed by atoms with Gasteiger partial charge in [0.25, 0.3) is 0 Å². The molecule has 19 heavy (non-hydrogen) atoms. The fraction of sp³-hybridized carbons (Fsp3) is 0.286. The van der Waals surface area contributed by atoms with E-state index < -0.39 is 0 Å². The molecule has 0 aliphatic carbocycles. The quantitative estimate of drug-likeness (QED) is 0.776. The van der Waals surface area contributed by atoms with E-state index >= 15 is 0 Å². The van der Waals surface area contributed by atoms with E-state index in [0.717, 1.165) is 15.6 Å². The van der Waals surface area contributed by atoms with Gasteiger partial charge in [0.2, 0.25) is 0 Å². The zero-order chi connectivity index (χ0) is 13.8. The summed E-state index contributed by atoms with van der Waals surface area (Å²) in [5.41, 5.74) is 6.18. The van der Waals surface area contributed by atoms with E-state index in [1.165, 1.54) is 29.2 Å². The van der Waals surface area contributed by atoms with Crippen molar-refractivity contribution in [2.24, 2.45) is 5.73 Å². The molecular weight excluding hydrogens is 301 g/mol. The number of rotatable bonds is 5. The first kappa shape index (κ1) is 14.9. The van der Waals surface area contributed by atoms with Gasteiger partial charge in [0, 0.05) is 15.8 Å². The molecule has 1 heterocycles. The molecular formula is C14H15ClFNS2. The number of thioether (sulfide) groups is 1. The number of benzene rings is 1. The third-order valence-electron chi connectivity index (χ3n) is 2.83. The summed E-state index contributed by atoms with van der Waals surface area (Å²) >= 11 is 8.95. The van der Waals surface area contributed by atoms with E-state index in [-0.39, 0.29) is 17.1 Å². The predicted molar refractivity (Wildman–Crippen MR) is 82.6 cm³/mol. The van der Waals surface area contributed by atoms with Gasteiger partial charge in [-0.3, -0.25) is 0 Å². The molecule has 0 spiro atoms. The van der Waals surface area contributed by atoms with Crippen LogP contribution in [0.2, 0.25) is 4.34 Å². The summed E-state index contributed by atoms with van der Waals surface area (Å²) in [6.45, 7) is 2.04. The van der Waals surface area contributed by atoms with E-state index in [2.05, 4.69) is 0 Å². The average molecular weight is 316 g/mol. The standard InChI is InChI=1S/C14H15ClFNS2/c1-2-10(17)14(12-7-8-13(15)18-12)19-11-6-4-3-5-9(11)16/h3-8,10,14H,2,17H2,1H3. The second-order valence-electron chi connectivity index (χ2n) is 4.18. The van der Waals surface area contributed by atoms with Crippen molar-refractivity contribution in [3.8, 4) is 0 Å². The summed E-state index contributed by atoms with van der Waals surface area (Å²) in [6.07, 6.45) is 0.835. The maximum absolute atomic E-state index is 13.8. The molecule has 0 aliphatic rings. The summed E-state index contributed by atoms with van der Waals surface area (Å²) in [4.78, 5) is 1.72. The van der Waals surface area contributed by atoms with Gasteiger partial charge in [0.15, 0.2) is 0 Å². The molecule has 1 nitrogen and oxygen atoms in total. The van der Waals surface area contributed by atoms with Crippen LogP contribution in [0.4, 0.5) is 4.39 Å². The highest BCUT2D eigenvalue weighted by Crippen LogP contribution is 2.42. The second-order valence-corrected chi connectivity index (χ2v) is 7.11. The third-order valence-corrected chi connectivity index (χ3v) is 5.73. The topological polar surface area (TPSA) is 26.0 Å². The Morgan fingerprint density at radius 3 is 2.63 bits per heavy atom. The van der Waals surface area contributed by atoms with Crippen LogP contribution in [0.1, 0.15) is 23.5 Å². The first-order chi connectivity index (χ1) is 9.11. The SMILES string of the molecule is CCC(N)C(Sc1ccccc1F)c1ccc(Cl)s1. The molecule has 2 N–H and O–H groups in total. The first-order valence-electron chi connectivity index (χ1n) is 6.03. The van der Waals surface area contributed by atoms with E-state index in [1.54, 1.807) is 12.1 Å². The van der Waals surface area contributed by atoms with Crippen LogP contribution in [-0.2, 0) is 0 Å². The van der Waals surface area contributed by atoms with Crippen LogP contribution in [0.5, 0.6) is 0 Å². The lowest BCUT2D eigenvalue weighted by atomic mass is 10.1. The molecule has 0 fully saturated rings. The van der Waals surface area contributed by atoms with Crippen LogP contribution in [0, 0.1) is 5.82 Å². The Morgan fingerprint density at radius 1 is 1.32 bits per heavy atom. The Hall–Kier alpha value is -0.550. The number of nitrogens with two attached hydrogens (primary N) is 1. The van der Waals surface area contributed by atoms with Crippen LogP contribution in [-0.4, -0.2) is 6.04 Å². The summed E-state index contributed by atoms with van der Waals surface area (Å²) in [7, 11) is 0. The lowest BCUT2D eigenvalue weighted by molar-refractivity contribution is 0.598. The van der Waals surface area contributed by atoms with Crippen LogP contribution in [0.25, 0.3) is 0 Å². The second kappa shape index (κ2) is 6.75. The Balaban J connectivity index is 2.27. The van der Waals surface area contributed by atoms with Gasteiger partial charge >= 0.3 is 0 Å². The van der Waals surface area contributed by atoms with Crippen molar-refractivity contribution in [2.75, 3.05) is 0 Å². The van der Waals surface area contributed by atoms with Gasteiger partial charge < -0.3 is 5.73 Å². The number of thiophene rings is 1. The van der Waals surface area contributed by atoms with Crippen molar-refractivity contribution in [3.63, 3.8) is 0 Å². The number of hydrogen-bond acceptors (Lipinski definition) is 3. The molecule has 2 rings (SSSR count). The summed E-state index contributed by atoms with van der Waals surface area (Å²) < 4.78 is 14.5. The smallest absolute Gasteiger partial charge is 0.136 e. The maximum Gasteiger partial charge on any atom is 0.136 e. The van der Waals surface area contributed by atoms with Gasteiger partial charge in [0.05, 0.1) is 9.59 Å². The summed E-state index contributed by atoms with van der Waals surface area (Å²) in [5, 5.41) is 0.0272. The fourth-order valence-electron chi connectivity index (χ4n) is 1.73. The highest BCUT2D eigenvalue weighted by molar-refractivity contribution is 7.99. The van der Waals surface area contributed by atoms with Gasteiger partial charge in [-0.2, -0.15) is 0 Å². The molecule has 5 heteroatoms. The minimum Gasteiger partial charge on any atom is -0.326 e. The van der Waals surface area contributed by atoms with Crippen LogP contribution in [0.3, 0.4) is 0 Å². The molecule has 1 aromatic carbocycles. The molecule has 2 aromatic rings. The molecule has 2 atom stereocenters. The summed E-state index contributed by atoms with van der Waals surface area (Å²) in [5.74, 6) is -0.205. The van der Waals surface area contributed by atoms with E-state index in [4.69, 9.17) is 17.3 Å². The van der Waals surface area contributed by atoms with Crippen LogP contribution >= 0.6 is 34.7 Å². The Labute approximate surface area is 126 Å². The van der Waals surface area contributed by atoms with Gasteiger partial charge in [-0.05, 0) is 30.7 Å². The van der Waals surface area contributed by atoms with Crippen molar-refractivity contribution in [1.82, 2.24) is 0 Å². The molecule has 102 valence electrons. The zero-order valence-electron chi connectivity index (χ0n) is 10.5. The lowest BCUT2D eigenvalue weighted by Crippen LogP contribution is -2.25. The van der Waals surface area contributed by atoms with Gasteiger partial charge in [-0.15, -0.1) is 23.1 Å². The molecule has 0 saturated carbocycles. The van der Waals surface area contributed by atoms with Gasteiger partial charge in [0.1, 0.15) is 5.82 Å². The Morgan fingerprint density at radius 2 is 2.05 bits per heavy atom. The molecule has 0 bridgehead atoms. The zero-order valence-corrected chi connectivity index (χ0v) is 12.9. The molecule has 1 aromatic heterocycles. The Kier molecular flexibility index (Phi) is 5.28. The molecule has 0 radical (unpaired) electrons. The van der Waals surface area contributed by atoms with E-state index in [1.807, 2.05) is 25.1 Å². The predicted octanol–water partition coefficient (Wildman–Crippen LogP) is 5.11. The minimum atomic E-state index is -0.205. The van der Waals surface area contributed by atoms with Gasteiger partial charge in [-0.1, -0.05) is 30.7 Å². The monoisotopic (exact) mass is 315 g/mol. The van der Waals surface area contributed by atoms with Crippen LogP contribution < -0.4 is 5.73 Å². The third kappa shape index (κ3) is 3.72. The highest BCUT2D eigenvalue weighted by atomic mass is 35.5. The minimum absolute atomic E-state index is 0.0272. The maximum atomic E-state index is 13.8. The van der Waals surface area contributed by atoms with Crippen molar-refractivity contribution in [1.29, 1.82) is 0 Å². The first-order valence-corrected chi connectivity index (χ1v) is 8.11. The van der Waals surface area contributed by atoms with E-state index in [0.29, 0.717) is 4.90 Å². The van der Waals surface area contributed by atoms with E-state index in [9.17, 15) is 4.39 Å². The molecule has 0 aliphatic heterocycles. The van der Waals surface area contributed by atoms with Gasteiger partial charge in [-0.25, -0.2) is 4.39 Å². The molecule has 0 amide bonds. The number of halogens is 2. The fourth-order valence-corrected chi connectivity index (χ4v) is 4.31.